The zero-order chi connectivity index (χ0) is 17.9. The highest BCUT2D eigenvalue weighted by Crippen LogP contribution is 2.25. The minimum absolute atomic E-state index is 0.601. The molecule has 0 bridgehead atoms. The van der Waals surface area contributed by atoms with Crippen molar-refractivity contribution in [2.45, 2.75) is 31.8 Å². The maximum absolute atomic E-state index is 4.79. The summed E-state index contributed by atoms with van der Waals surface area (Å²) in [5.41, 5.74) is 4.90. The van der Waals surface area contributed by atoms with Gasteiger partial charge in [0.1, 0.15) is 0 Å². The molecule has 0 amide bonds. The Kier molecular flexibility index (Phi) is 5.00. The zero-order valence-corrected chi connectivity index (χ0v) is 15.7. The van der Waals surface area contributed by atoms with Crippen LogP contribution in [0.3, 0.4) is 0 Å². The number of rotatable bonds is 5. The van der Waals surface area contributed by atoms with Gasteiger partial charge in [-0.3, -0.25) is 14.6 Å². The van der Waals surface area contributed by atoms with Gasteiger partial charge in [-0.2, -0.15) is 5.10 Å². The summed E-state index contributed by atoms with van der Waals surface area (Å²) in [6.07, 6.45) is 4.25. The SMILES string of the molecule is CN(Cc1cccc2cccnc12)Cc1cc(C2CCNCC2)nn1C. The van der Waals surface area contributed by atoms with Gasteiger partial charge in [-0.15, -0.1) is 0 Å². The molecule has 0 radical (unpaired) electrons. The fraction of sp³-hybridized carbons (Fsp3) is 0.429. The van der Waals surface area contributed by atoms with Crippen molar-refractivity contribution < 1.29 is 0 Å². The number of benzene rings is 1. The van der Waals surface area contributed by atoms with E-state index in [0.717, 1.165) is 31.7 Å². The van der Waals surface area contributed by atoms with Crippen molar-refractivity contribution >= 4 is 10.9 Å². The Morgan fingerprint density at radius 3 is 2.81 bits per heavy atom. The third-order valence-corrected chi connectivity index (χ3v) is 5.34. The van der Waals surface area contributed by atoms with Crippen LogP contribution in [0.2, 0.25) is 0 Å². The highest BCUT2D eigenvalue weighted by atomic mass is 15.3. The predicted octanol–water partition coefficient (Wildman–Crippen LogP) is 3.07. The number of pyridine rings is 1. The van der Waals surface area contributed by atoms with Crippen LogP contribution >= 0.6 is 0 Å². The van der Waals surface area contributed by atoms with Gasteiger partial charge in [0, 0.05) is 37.6 Å². The van der Waals surface area contributed by atoms with Crippen LogP contribution in [0, 0.1) is 0 Å². The molecule has 1 N–H and O–H groups in total. The van der Waals surface area contributed by atoms with Crippen molar-refractivity contribution in [3.63, 3.8) is 0 Å². The molecule has 3 aromatic rings. The Hall–Kier alpha value is -2.24. The lowest BCUT2D eigenvalue weighted by atomic mass is 9.94. The Morgan fingerprint density at radius 1 is 1.15 bits per heavy atom. The van der Waals surface area contributed by atoms with E-state index in [4.69, 9.17) is 5.10 Å². The number of piperidine rings is 1. The highest BCUT2D eigenvalue weighted by Gasteiger charge is 2.19. The topological polar surface area (TPSA) is 46.0 Å². The van der Waals surface area contributed by atoms with Crippen molar-refractivity contribution in [3.8, 4) is 0 Å². The van der Waals surface area contributed by atoms with E-state index in [1.807, 2.05) is 12.3 Å². The smallest absolute Gasteiger partial charge is 0.0746 e. The Labute approximate surface area is 155 Å². The molecule has 0 atom stereocenters. The molecule has 1 aliphatic heterocycles. The van der Waals surface area contributed by atoms with Gasteiger partial charge in [-0.25, -0.2) is 0 Å². The molecule has 1 aliphatic rings. The van der Waals surface area contributed by atoms with Gasteiger partial charge in [0.25, 0.3) is 0 Å². The molecule has 5 nitrogen and oxygen atoms in total. The number of aryl methyl sites for hydroxylation is 1. The quantitative estimate of drug-likeness (QED) is 0.769. The predicted molar refractivity (Wildman–Crippen MR) is 105 cm³/mol. The minimum Gasteiger partial charge on any atom is -0.317 e. The average Bonchev–Trinajstić information content (AvgIpc) is 3.03. The highest BCUT2D eigenvalue weighted by molar-refractivity contribution is 5.81. The molecule has 3 heterocycles. The molecule has 136 valence electrons. The molecule has 0 spiro atoms. The van der Waals surface area contributed by atoms with E-state index in [1.165, 1.54) is 35.2 Å². The maximum Gasteiger partial charge on any atom is 0.0746 e. The number of hydrogen-bond acceptors (Lipinski definition) is 4. The lowest BCUT2D eigenvalue weighted by molar-refractivity contribution is 0.310. The van der Waals surface area contributed by atoms with E-state index in [2.05, 4.69) is 64.3 Å². The average molecular weight is 349 g/mol. The molecule has 1 aromatic carbocycles. The lowest BCUT2D eigenvalue weighted by Gasteiger charge is -2.20. The molecule has 1 fully saturated rings. The Balaban J connectivity index is 1.47. The standard InChI is InChI=1S/C21H27N5/c1-25(14-18-6-3-5-17-7-4-10-23-21(17)18)15-19-13-20(24-26(19)2)16-8-11-22-12-9-16/h3-7,10,13,16,22H,8-9,11-12,14-15H2,1-2H3. The van der Waals surface area contributed by atoms with Crippen molar-refractivity contribution in [2.24, 2.45) is 7.05 Å². The normalized spacial score (nSPS) is 15.8. The summed E-state index contributed by atoms with van der Waals surface area (Å²) in [5, 5.41) is 9.43. The van der Waals surface area contributed by atoms with Gasteiger partial charge in [-0.05, 0) is 50.7 Å². The van der Waals surface area contributed by atoms with Gasteiger partial charge in [0.15, 0.2) is 0 Å². The molecular formula is C21H27N5. The van der Waals surface area contributed by atoms with E-state index in [-0.39, 0.29) is 0 Å². The number of nitrogens with zero attached hydrogens (tertiary/aromatic N) is 4. The fourth-order valence-electron chi connectivity index (χ4n) is 3.91. The molecule has 26 heavy (non-hydrogen) atoms. The van der Waals surface area contributed by atoms with Gasteiger partial charge >= 0.3 is 0 Å². The molecule has 4 rings (SSSR count). The summed E-state index contributed by atoms with van der Waals surface area (Å²) in [4.78, 5) is 6.91. The first-order valence-electron chi connectivity index (χ1n) is 9.45. The third kappa shape index (κ3) is 3.64. The first kappa shape index (κ1) is 17.2. The van der Waals surface area contributed by atoms with Crippen LogP contribution in [-0.2, 0) is 20.1 Å². The minimum atomic E-state index is 0.601. The maximum atomic E-state index is 4.79. The second kappa shape index (κ2) is 7.56. The van der Waals surface area contributed by atoms with Crippen LogP contribution in [-0.4, -0.2) is 39.8 Å². The van der Waals surface area contributed by atoms with Crippen LogP contribution in [0.5, 0.6) is 0 Å². The number of nitrogens with one attached hydrogen (secondary N) is 1. The van der Waals surface area contributed by atoms with Gasteiger partial charge < -0.3 is 5.32 Å². The molecule has 5 heteroatoms. The summed E-state index contributed by atoms with van der Waals surface area (Å²) in [6, 6.07) is 12.8. The van der Waals surface area contributed by atoms with Crippen LogP contribution < -0.4 is 5.32 Å². The van der Waals surface area contributed by atoms with Gasteiger partial charge in [0.2, 0.25) is 0 Å². The molecule has 2 aromatic heterocycles. The van der Waals surface area contributed by atoms with E-state index in [9.17, 15) is 0 Å². The van der Waals surface area contributed by atoms with Crippen LogP contribution in [0.15, 0.2) is 42.6 Å². The first-order valence-corrected chi connectivity index (χ1v) is 9.45. The van der Waals surface area contributed by atoms with Gasteiger partial charge in [-0.1, -0.05) is 24.3 Å². The lowest BCUT2D eigenvalue weighted by Crippen LogP contribution is -2.26. The molecule has 0 saturated carbocycles. The molecule has 1 saturated heterocycles. The van der Waals surface area contributed by atoms with Crippen LogP contribution in [0.25, 0.3) is 10.9 Å². The Bertz CT molecular complexity index is 874. The first-order chi connectivity index (χ1) is 12.7. The van der Waals surface area contributed by atoms with Crippen molar-refractivity contribution in [2.75, 3.05) is 20.1 Å². The number of aromatic nitrogens is 3. The summed E-state index contributed by atoms with van der Waals surface area (Å²) < 4.78 is 2.05. The molecule has 0 unspecified atom stereocenters. The van der Waals surface area contributed by atoms with E-state index < -0.39 is 0 Å². The molecular weight excluding hydrogens is 322 g/mol. The molecule has 0 aliphatic carbocycles. The Morgan fingerprint density at radius 2 is 1.96 bits per heavy atom. The van der Waals surface area contributed by atoms with Crippen molar-refractivity contribution in [3.05, 3.63) is 59.5 Å². The number of hydrogen-bond donors (Lipinski definition) is 1. The van der Waals surface area contributed by atoms with Crippen LogP contribution in [0.4, 0.5) is 0 Å². The van der Waals surface area contributed by atoms with Crippen molar-refractivity contribution in [1.82, 2.24) is 25.0 Å². The van der Waals surface area contributed by atoms with E-state index in [0.29, 0.717) is 5.92 Å². The largest absolute Gasteiger partial charge is 0.317 e. The monoisotopic (exact) mass is 349 g/mol. The fourth-order valence-corrected chi connectivity index (χ4v) is 3.91. The van der Waals surface area contributed by atoms with Gasteiger partial charge in [0.05, 0.1) is 16.9 Å². The second-order valence-electron chi connectivity index (χ2n) is 7.37. The summed E-state index contributed by atoms with van der Waals surface area (Å²) in [6.45, 7) is 3.97. The summed E-state index contributed by atoms with van der Waals surface area (Å²) in [5.74, 6) is 0.601. The van der Waals surface area contributed by atoms with E-state index >= 15 is 0 Å². The third-order valence-electron chi connectivity index (χ3n) is 5.34. The second-order valence-corrected chi connectivity index (χ2v) is 7.37. The summed E-state index contributed by atoms with van der Waals surface area (Å²) in [7, 11) is 4.23. The van der Waals surface area contributed by atoms with E-state index in [1.54, 1.807) is 0 Å². The van der Waals surface area contributed by atoms with Crippen molar-refractivity contribution in [1.29, 1.82) is 0 Å². The van der Waals surface area contributed by atoms with Crippen LogP contribution in [0.1, 0.15) is 35.7 Å². The summed E-state index contributed by atoms with van der Waals surface area (Å²) >= 11 is 0. The number of para-hydroxylation sites is 1. The number of fused-ring (bicyclic) bond motifs is 1. The zero-order valence-electron chi connectivity index (χ0n) is 15.7.